The average molecular weight is 504 g/mol. The van der Waals surface area contributed by atoms with E-state index in [1.165, 1.54) is 10.9 Å². The van der Waals surface area contributed by atoms with Crippen LogP contribution in [0.25, 0.3) is 5.82 Å². The molecule has 1 aliphatic rings. The molecule has 192 valence electrons. The second kappa shape index (κ2) is 9.72. The number of aryl methyl sites for hydroxylation is 2. The topological polar surface area (TPSA) is 140 Å². The summed E-state index contributed by atoms with van der Waals surface area (Å²) in [6.07, 6.45) is 6.85. The lowest BCUT2D eigenvalue weighted by Gasteiger charge is -2.41. The molecule has 1 saturated carbocycles. The summed E-state index contributed by atoms with van der Waals surface area (Å²) in [5, 5.41) is 14.3. The van der Waals surface area contributed by atoms with Gasteiger partial charge in [0, 0.05) is 35.6 Å². The van der Waals surface area contributed by atoms with E-state index in [0.717, 1.165) is 41.8 Å². The molecule has 0 bridgehead atoms. The van der Waals surface area contributed by atoms with E-state index in [1.54, 1.807) is 12.3 Å². The number of carbonyl (C=O) groups is 1. The highest BCUT2D eigenvalue weighted by atomic mass is 19.1. The summed E-state index contributed by atoms with van der Waals surface area (Å²) in [6.45, 7) is 5.90. The number of hydrogen-bond donors (Lipinski definition) is 3. The molecule has 0 radical (unpaired) electrons. The van der Waals surface area contributed by atoms with E-state index in [1.807, 2.05) is 39.0 Å². The van der Waals surface area contributed by atoms with Crippen molar-refractivity contribution in [2.45, 2.75) is 58.3 Å². The monoisotopic (exact) mass is 503 g/mol. The third-order valence-corrected chi connectivity index (χ3v) is 7.45. The summed E-state index contributed by atoms with van der Waals surface area (Å²) in [7, 11) is 0. The predicted molar refractivity (Wildman–Crippen MR) is 136 cm³/mol. The van der Waals surface area contributed by atoms with E-state index >= 15 is 0 Å². The van der Waals surface area contributed by atoms with Gasteiger partial charge in [-0.25, -0.2) is 24.0 Å². The molecule has 1 fully saturated rings. The van der Waals surface area contributed by atoms with Gasteiger partial charge in [-0.2, -0.15) is 10.2 Å². The number of nitrogens with zero attached hydrogens (tertiary/aromatic N) is 6. The van der Waals surface area contributed by atoms with Crippen LogP contribution in [0.15, 0.2) is 42.9 Å². The number of halogens is 1. The molecule has 4 aromatic heterocycles. The summed E-state index contributed by atoms with van der Waals surface area (Å²) in [5.41, 5.74) is 8.04. The number of nitrogens with one attached hydrogen (secondary N) is 2. The number of hydrogen-bond acceptors (Lipinski definition) is 7. The molecule has 1 aliphatic carbocycles. The molecule has 11 heteroatoms. The second-order valence-electron chi connectivity index (χ2n) is 9.88. The van der Waals surface area contributed by atoms with E-state index in [2.05, 4.69) is 25.6 Å². The van der Waals surface area contributed by atoms with Crippen LogP contribution in [-0.2, 0) is 4.79 Å². The highest BCUT2D eigenvalue weighted by Crippen LogP contribution is 2.50. The van der Waals surface area contributed by atoms with E-state index < -0.39 is 11.2 Å². The van der Waals surface area contributed by atoms with Crippen LogP contribution in [0.1, 0.15) is 67.2 Å². The average Bonchev–Trinajstić information content (AvgIpc) is 3.51. The zero-order chi connectivity index (χ0) is 26.2. The highest BCUT2D eigenvalue weighted by Gasteiger charge is 2.46. The van der Waals surface area contributed by atoms with Gasteiger partial charge >= 0.3 is 0 Å². The Morgan fingerprint density at radius 3 is 2.57 bits per heavy atom. The van der Waals surface area contributed by atoms with Gasteiger partial charge in [-0.15, -0.1) is 0 Å². The maximum atomic E-state index is 13.3. The van der Waals surface area contributed by atoms with Crippen molar-refractivity contribution in [1.82, 2.24) is 34.9 Å². The molecular weight excluding hydrogens is 473 g/mol. The number of nitrogens with two attached hydrogens (primary N) is 1. The molecule has 0 aromatic carbocycles. The number of primary amides is 1. The highest BCUT2D eigenvalue weighted by molar-refractivity contribution is 5.82. The maximum absolute atomic E-state index is 13.3. The van der Waals surface area contributed by atoms with Gasteiger partial charge < -0.3 is 11.1 Å². The van der Waals surface area contributed by atoms with Gasteiger partial charge in [0.05, 0.1) is 17.8 Å². The van der Waals surface area contributed by atoms with Gasteiger partial charge in [-0.3, -0.25) is 9.89 Å². The molecule has 0 spiro atoms. The smallest absolute Gasteiger partial charge is 0.224 e. The van der Waals surface area contributed by atoms with Gasteiger partial charge in [-0.05, 0) is 57.1 Å². The first kappa shape index (κ1) is 24.5. The Morgan fingerprint density at radius 1 is 1.19 bits per heavy atom. The number of aromatic amines is 1. The minimum atomic E-state index is -0.699. The van der Waals surface area contributed by atoms with E-state index in [9.17, 15) is 9.18 Å². The quantitative estimate of drug-likeness (QED) is 0.343. The van der Waals surface area contributed by atoms with Crippen molar-refractivity contribution in [3.05, 3.63) is 71.4 Å². The minimum absolute atomic E-state index is 0.122. The van der Waals surface area contributed by atoms with Gasteiger partial charge in [0.2, 0.25) is 5.91 Å². The standard InChI is InChI=1S/C26H30FN9O/c1-15-10-21(32-22-11-16(2)34-35-22)33-24(31-15)18-6-8-26(9-7-18,25(28)37)17(3)19-4-5-23(29-12-19)36-14-20(27)13-30-36/h4-5,10-14,17-18H,6-9H2,1-3H3,(H2,28,37)(H2,31,32,33,34,35)/t17-,18?,26?/m0/s1. The number of rotatable bonds is 7. The van der Waals surface area contributed by atoms with Crippen molar-refractivity contribution in [2.24, 2.45) is 11.1 Å². The maximum Gasteiger partial charge on any atom is 0.224 e. The van der Waals surface area contributed by atoms with Crippen molar-refractivity contribution in [3.63, 3.8) is 0 Å². The van der Waals surface area contributed by atoms with Crippen LogP contribution in [0.5, 0.6) is 0 Å². The molecule has 37 heavy (non-hydrogen) atoms. The molecule has 10 nitrogen and oxygen atoms in total. The summed E-state index contributed by atoms with van der Waals surface area (Å²) < 4.78 is 14.7. The van der Waals surface area contributed by atoms with Crippen LogP contribution < -0.4 is 11.1 Å². The number of pyridine rings is 1. The molecule has 1 atom stereocenters. The SMILES string of the molecule is Cc1cc(Nc2cc(C)[nH]n2)nc(C2CCC(C(N)=O)([C@@H](C)c3ccc(-n4cc(F)cn4)nc3)CC2)n1. The largest absolute Gasteiger partial charge is 0.369 e. The number of anilines is 2. The zero-order valence-electron chi connectivity index (χ0n) is 21.1. The lowest BCUT2D eigenvalue weighted by Crippen LogP contribution is -2.44. The molecule has 1 amide bonds. The van der Waals surface area contributed by atoms with Crippen molar-refractivity contribution >= 4 is 17.5 Å². The summed E-state index contributed by atoms with van der Waals surface area (Å²) in [6, 6.07) is 7.48. The molecule has 0 saturated heterocycles. The van der Waals surface area contributed by atoms with Crippen LogP contribution in [0.4, 0.5) is 16.0 Å². The van der Waals surface area contributed by atoms with Crippen LogP contribution in [-0.4, -0.2) is 40.8 Å². The van der Waals surface area contributed by atoms with Crippen LogP contribution >= 0.6 is 0 Å². The molecule has 0 aliphatic heterocycles. The Kier molecular flexibility index (Phi) is 6.45. The van der Waals surface area contributed by atoms with Crippen molar-refractivity contribution in [2.75, 3.05) is 5.32 Å². The number of amides is 1. The van der Waals surface area contributed by atoms with Crippen molar-refractivity contribution < 1.29 is 9.18 Å². The zero-order valence-corrected chi connectivity index (χ0v) is 21.1. The summed E-state index contributed by atoms with van der Waals surface area (Å²) in [4.78, 5) is 26.7. The molecule has 4 heterocycles. The Balaban J connectivity index is 1.32. The molecule has 5 rings (SSSR count). The number of H-pyrrole nitrogens is 1. The summed E-state index contributed by atoms with van der Waals surface area (Å²) in [5.74, 6) is 1.90. The first-order chi connectivity index (χ1) is 17.7. The van der Waals surface area contributed by atoms with Crippen LogP contribution in [0, 0.1) is 25.1 Å². The van der Waals surface area contributed by atoms with Crippen molar-refractivity contribution in [1.29, 1.82) is 0 Å². The molecule has 4 aromatic rings. The van der Waals surface area contributed by atoms with Gasteiger partial charge in [-0.1, -0.05) is 13.0 Å². The fourth-order valence-electron chi connectivity index (χ4n) is 5.27. The Labute approximate surface area is 213 Å². The lowest BCUT2D eigenvalue weighted by atomic mass is 9.62. The summed E-state index contributed by atoms with van der Waals surface area (Å²) >= 11 is 0. The fourth-order valence-corrected chi connectivity index (χ4v) is 5.27. The normalized spacial score (nSPS) is 20.5. The molecule has 4 N–H and O–H groups in total. The molecule has 0 unspecified atom stereocenters. The first-order valence-corrected chi connectivity index (χ1v) is 12.3. The van der Waals surface area contributed by atoms with E-state index in [0.29, 0.717) is 30.3 Å². The second-order valence-corrected chi connectivity index (χ2v) is 9.88. The fraction of sp³-hybridized carbons (Fsp3) is 0.385. The van der Waals surface area contributed by atoms with Crippen molar-refractivity contribution in [3.8, 4) is 5.82 Å². The third-order valence-electron chi connectivity index (χ3n) is 7.45. The van der Waals surface area contributed by atoms with Gasteiger partial charge in [0.15, 0.2) is 17.5 Å². The molecular formula is C26H30FN9O. The Bertz CT molecular complexity index is 1400. The minimum Gasteiger partial charge on any atom is -0.369 e. The van der Waals surface area contributed by atoms with Gasteiger partial charge in [0.25, 0.3) is 0 Å². The van der Waals surface area contributed by atoms with E-state index in [4.69, 9.17) is 15.7 Å². The van der Waals surface area contributed by atoms with E-state index in [-0.39, 0.29) is 17.7 Å². The lowest BCUT2D eigenvalue weighted by molar-refractivity contribution is -0.131. The predicted octanol–water partition coefficient (Wildman–Crippen LogP) is 4.21. The number of aromatic nitrogens is 7. The number of carbonyl (C=O) groups excluding carboxylic acids is 1. The Hall–Kier alpha value is -4.15. The van der Waals surface area contributed by atoms with Gasteiger partial charge in [0.1, 0.15) is 11.6 Å². The van der Waals surface area contributed by atoms with Crippen LogP contribution in [0.3, 0.4) is 0 Å². The van der Waals surface area contributed by atoms with Crippen LogP contribution in [0.2, 0.25) is 0 Å². The first-order valence-electron chi connectivity index (χ1n) is 12.3. The Morgan fingerprint density at radius 2 is 1.97 bits per heavy atom. The third kappa shape index (κ3) is 4.93.